The maximum Gasteiger partial charge on any atom is 0.162 e. The van der Waals surface area contributed by atoms with Crippen molar-refractivity contribution < 1.29 is 0 Å². The first-order valence-electron chi connectivity index (χ1n) is 9.61. The van der Waals surface area contributed by atoms with Crippen LogP contribution in [0.15, 0.2) is 79.1 Å². The molecule has 0 bridgehead atoms. The quantitative estimate of drug-likeness (QED) is 0.547. The average Bonchev–Trinajstić information content (AvgIpc) is 2.80. The largest absolute Gasteiger partial charge is 0.368 e. The summed E-state index contributed by atoms with van der Waals surface area (Å²) in [4.78, 5) is 18.7. The van der Waals surface area contributed by atoms with Crippen LogP contribution in [0.1, 0.15) is 0 Å². The topological polar surface area (TPSA) is 45.2 Å². The van der Waals surface area contributed by atoms with E-state index < -0.39 is 0 Å². The Morgan fingerprint density at radius 2 is 1.32 bits per heavy atom. The van der Waals surface area contributed by atoms with Gasteiger partial charge in [-0.2, -0.15) is 0 Å². The highest BCUT2D eigenvalue weighted by atomic mass is 15.3. The molecule has 2 aromatic carbocycles. The zero-order valence-electron chi connectivity index (χ0n) is 15.6. The van der Waals surface area contributed by atoms with Crippen LogP contribution >= 0.6 is 0 Å². The number of rotatable bonds is 3. The van der Waals surface area contributed by atoms with Gasteiger partial charge in [0.05, 0.1) is 5.52 Å². The van der Waals surface area contributed by atoms with Gasteiger partial charge in [0, 0.05) is 55.2 Å². The van der Waals surface area contributed by atoms with Gasteiger partial charge in [-0.3, -0.25) is 4.98 Å². The van der Waals surface area contributed by atoms with Crippen molar-refractivity contribution in [2.24, 2.45) is 0 Å². The number of para-hydroxylation sites is 1. The van der Waals surface area contributed by atoms with Gasteiger partial charge in [0.15, 0.2) is 5.82 Å². The molecule has 0 amide bonds. The van der Waals surface area contributed by atoms with Crippen LogP contribution in [0.3, 0.4) is 0 Å². The Labute approximate surface area is 164 Å². The summed E-state index contributed by atoms with van der Waals surface area (Å²) in [7, 11) is 0. The van der Waals surface area contributed by atoms with Crippen LogP contribution in [0.5, 0.6) is 0 Å². The number of fused-ring (bicyclic) bond motifs is 1. The summed E-state index contributed by atoms with van der Waals surface area (Å²) >= 11 is 0. The van der Waals surface area contributed by atoms with E-state index in [0.29, 0.717) is 0 Å². The fourth-order valence-corrected chi connectivity index (χ4v) is 3.75. The zero-order valence-corrected chi connectivity index (χ0v) is 15.6. The molecule has 0 N–H and O–H groups in total. The number of benzene rings is 2. The Kier molecular flexibility index (Phi) is 4.33. The molecule has 1 aliphatic heterocycles. The lowest BCUT2D eigenvalue weighted by Gasteiger charge is -2.37. The highest BCUT2D eigenvalue weighted by molar-refractivity contribution is 5.91. The fraction of sp³-hybridized carbons (Fsp3) is 0.174. The Bertz CT molecular complexity index is 1070. The number of hydrogen-bond acceptors (Lipinski definition) is 5. The molecule has 1 saturated heterocycles. The van der Waals surface area contributed by atoms with E-state index in [0.717, 1.165) is 54.3 Å². The molecule has 0 unspecified atom stereocenters. The van der Waals surface area contributed by atoms with Crippen molar-refractivity contribution in [3.8, 4) is 11.4 Å². The van der Waals surface area contributed by atoms with Crippen molar-refractivity contribution in [3.63, 3.8) is 0 Å². The van der Waals surface area contributed by atoms with E-state index in [1.807, 2.05) is 36.7 Å². The third kappa shape index (κ3) is 3.16. The van der Waals surface area contributed by atoms with E-state index >= 15 is 0 Å². The highest BCUT2D eigenvalue weighted by Crippen LogP contribution is 2.28. The van der Waals surface area contributed by atoms with Crippen LogP contribution in [0.4, 0.5) is 11.5 Å². The van der Waals surface area contributed by atoms with Gasteiger partial charge in [0.1, 0.15) is 5.82 Å². The molecule has 28 heavy (non-hydrogen) atoms. The number of nitrogens with zero attached hydrogens (tertiary/aromatic N) is 5. The molecule has 3 heterocycles. The molecule has 2 aromatic heterocycles. The number of pyridine rings is 1. The number of aromatic nitrogens is 3. The van der Waals surface area contributed by atoms with Crippen LogP contribution in [-0.4, -0.2) is 41.1 Å². The van der Waals surface area contributed by atoms with Gasteiger partial charge < -0.3 is 9.80 Å². The van der Waals surface area contributed by atoms with Gasteiger partial charge in [-0.05, 0) is 24.3 Å². The first-order valence-corrected chi connectivity index (χ1v) is 9.61. The van der Waals surface area contributed by atoms with Gasteiger partial charge in [-0.1, -0.05) is 42.5 Å². The molecule has 0 atom stereocenters. The van der Waals surface area contributed by atoms with E-state index in [2.05, 4.69) is 57.2 Å². The molecule has 0 radical (unpaired) electrons. The molecule has 0 spiro atoms. The maximum absolute atomic E-state index is 4.98. The second-order valence-electron chi connectivity index (χ2n) is 6.93. The van der Waals surface area contributed by atoms with Gasteiger partial charge >= 0.3 is 0 Å². The molecule has 5 nitrogen and oxygen atoms in total. The first-order chi connectivity index (χ1) is 13.9. The normalized spacial score (nSPS) is 14.4. The van der Waals surface area contributed by atoms with Gasteiger partial charge in [-0.15, -0.1) is 0 Å². The third-order valence-electron chi connectivity index (χ3n) is 5.22. The van der Waals surface area contributed by atoms with Crippen LogP contribution in [0.25, 0.3) is 22.3 Å². The van der Waals surface area contributed by atoms with E-state index in [-0.39, 0.29) is 0 Å². The standard InChI is InChI=1S/C23H21N5/c1-2-6-18(7-3-1)22-25-21-9-5-4-8-20(21)23(26-22)28-16-14-27(15-17-28)19-10-12-24-13-11-19/h1-13H,14-17H2. The second kappa shape index (κ2) is 7.27. The van der Waals surface area contributed by atoms with Crippen LogP contribution in [-0.2, 0) is 0 Å². The van der Waals surface area contributed by atoms with E-state index in [9.17, 15) is 0 Å². The van der Waals surface area contributed by atoms with Crippen LogP contribution in [0, 0.1) is 0 Å². The van der Waals surface area contributed by atoms with Gasteiger partial charge in [0.2, 0.25) is 0 Å². The summed E-state index contributed by atoms with van der Waals surface area (Å²) in [6, 6.07) is 22.6. The van der Waals surface area contributed by atoms with Gasteiger partial charge in [-0.25, -0.2) is 9.97 Å². The van der Waals surface area contributed by atoms with E-state index in [4.69, 9.17) is 9.97 Å². The summed E-state index contributed by atoms with van der Waals surface area (Å²) in [5, 5.41) is 1.11. The Morgan fingerprint density at radius 3 is 2.11 bits per heavy atom. The van der Waals surface area contributed by atoms with Crippen molar-refractivity contribution in [2.45, 2.75) is 0 Å². The zero-order chi connectivity index (χ0) is 18.8. The SMILES string of the molecule is c1ccc(-c2nc(N3CCN(c4ccncc4)CC3)c3ccccc3n2)cc1. The lowest BCUT2D eigenvalue weighted by atomic mass is 10.1. The monoisotopic (exact) mass is 367 g/mol. The molecule has 1 aliphatic rings. The molecule has 0 saturated carbocycles. The number of anilines is 2. The molecular formula is C23H21N5. The molecule has 4 aromatic rings. The molecular weight excluding hydrogens is 346 g/mol. The van der Waals surface area contributed by atoms with Crippen molar-refractivity contribution >= 4 is 22.4 Å². The molecule has 0 aliphatic carbocycles. The minimum absolute atomic E-state index is 0.783. The molecule has 5 heteroatoms. The molecule has 138 valence electrons. The smallest absolute Gasteiger partial charge is 0.162 e. The minimum Gasteiger partial charge on any atom is -0.368 e. The fourth-order valence-electron chi connectivity index (χ4n) is 3.75. The van der Waals surface area contributed by atoms with Gasteiger partial charge in [0.25, 0.3) is 0 Å². The Hall–Kier alpha value is -3.47. The third-order valence-corrected chi connectivity index (χ3v) is 5.22. The lowest BCUT2D eigenvalue weighted by molar-refractivity contribution is 0.649. The van der Waals surface area contributed by atoms with E-state index in [1.165, 1.54) is 5.69 Å². The summed E-state index contributed by atoms with van der Waals surface area (Å²) in [5.41, 5.74) is 3.26. The Morgan fingerprint density at radius 1 is 0.643 bits per heavy atom. The predicted octanol–water partition coefficient (Wildman–Crippen LogP) is 4.02. The maximum atomic E-state index is 4.98. The van der Waals surface area contributed by atoms with Crippen molar-refractivity contribution in [1.29, 1.82) is 0 Å². The average molecular weight is 367 g/mol. The van der Waals surface area contributed by atoms with Crippen molar-refractivity contribution in [3.05, 3.63) is 79.1 Å². The lowest BCUT2D eigenvalue weighted by Crippen LogP contribution is -2.47. The summed E-state index contributed by atoms with van der Waals surface area (Å²) < 4.78 is 0. The summed E-state index contributed by atoms with van der Waals surface area (Å²) in [6.07, 6.45) is 3.71. The van der Waals surface area contributed by atoms with Crippen molar-refractivity contribution in [1.82, 2.24) is 15.0 Å². The number of piperazine rings is 1. The highest BCUT2D eigenvalue weighted by Gasteiger charge is 2.21. The summed E-state index contributed by atoms with van der Waals surface area (Å²) in [5.74, 6) is 1.81. The van der Waals surface area contributed by atoms with E-state index in [1.54, 1.807) is 0 Å². The second-order valence-corrected chi connectivity index (χ2v) is 6.93. The molecule has 1 fully saturated rings. The molecule has 5 rings (SSSR count). The predicted molar refractivity (Wildman–Crippen MR) is 114 cm³/mol. The van der Waals surface area contributed by atoms with Crippen molar-refractivity contribution in [2.75, 3.05) is 36.0 Å². The number of hydrogen-bond donors (Lipinski definition) is 0. The summed E-state index contributed by atoms with van der Waals surface area (Å²) in [6.45, 7) is 3.78. The Balaban J connectivity index is 1.49. The van der Waals surface area contributed by atoms with Crippen LogP contribution in [0.2, 0.25) is 0 Å². The first kappa shape index (κ1) is 16.7. The minimum atomic E-state index is 0.783. The van der Waals surface area contributed by atoms with Crippen LogP contribution < -0.4 is 9.80 Å².